The van der Waals surface area contributed by atoms with E-state index in [1.165, 1.54) is 0 Å². The summed E-state index contributed by atoms with van der Waals surface area (Å²) >= 11 is 8.18. The molecule has 3 nitrogen and oxygen atoms in total. The summed E-state index contributed by atoms with van der Waals surface area (Å²) < 4.78 is 8.08. The van der Waals surface area contributed by atoms with Crippen LogP contribution in [-0.2, 0) is 0 Å². The van der Waals surface area contributed by atoms with E-state index >= 15 is 0 Å². The SMILES string of the molecule is CCCOc1cccc2c1nc(C(C)Cl)n2C(C)CSC. The van der Waals surface area contributed by atoms with Crippen molar-refractivity contribution < 1.29 is 4.74 Å². The first-order chi connectivity index (χ1) is 10.1. The number of halogens is 1. The van der Waals surface area contributed by atoms with Crippen molar-refractivity contribution in [1.82, 2.24) is 9.55 Å². The number of hydrogen-bond donors (Lipinski definition) is 0. The topological polar surface area (TPSA) is 27.1 Å². The minimum absolute atomic E-state index is 0.124. The number of thioether (sulfide) groups is 1. The monoisotopic (exact) mass is 326 g/mol. The summed E-state index contributed by atoms with van der Waals surface area (Å²) in [6, 6.07) is 6.46. The first kappa shape index (κ1) is 16.5. The van der Waals surface area contributed by atoms with Gasteiger partial charge in [0.05, 0.1) is 17.5 Å². The van der Waals surface area contributed by atoms with E-state index in [0.29, 0.717) is 12.6 Å². The van der Waals surface area contributed by atoms with Gasteiger partial charge in [0.1, 0.15) is 17.1 Å². The van der Waals surface area contributed by atoms with Gasteiger partial charge in [0.25, 0.3) is 0 Å². The fourth-order valence-corrected chi connectivity index (χ4v) is 3.28. The molecule has 2 unspecified atom stereocenters. The van der Waals surface area contributed by atoms with Gasteiger partial charge in [0.2, 0.25) is 0 Å². The quantitative estimate of drug-likeness (QED) is 0.666. The van der Waals surface area contributed by atoms with Crippen LogP contribution in [0.2, 0.25) is 0 Å². The maximum atomic E-state index is 6.35. The predicted octanol–water partition coefficient (Wildman–Crippen LogP) is 5.05. The maximum absolute atomic E-state index is 6.35. The highest BCUT2D eigenvalue weighted by Crippen LogP contribution is 2.33. The molecule has 2 atom stereocenters. The molecule has 0 saturated heterocycles. The van der Waals surface area contributed by atoms with Gasteiger partial charge in [0, 0.05) is 11.8 Å². The van der Waals surface area contributed by atoms with Crippen molar-refractivity contribution in [3.63, 3.8) is 0 Å². The molecule has 1 aromatic carbocycles. The molecule has 0 saturated carbocycles. The molecule has 0 aliphatic heterocycles. The first-order valence-electron chi connectivity index (χ1n) is 7.36. The van der Waals surface area contributed by atoms with Crippen molar-refractivity contribution in [1.29, 1.82) is 0 Å². The number of benzene rings is 1. The van der Waals surface area contributed by atoms with Crippen LogP contribution >= 0.6 is 23.4 Å². The van der Waals surface area contributed by atoms with Crippen molar-refractivity contribution in [3.8, 4) is 5.75 Å². The Hall–Kier alpha value is -0.870. The molecule has 0 aliphatic carbocycles. The highest BCUT2D eigenvalue weighted by molar-refractivity contribution is 7.98. The van der Waals surface area contributed by atoms with E-state index in [-0.39, 0.29) is 5.38 Å². The largest absolute Gasteiger partial charge is 0.491 e. The standard InChI is InChI=1S/C16H23ClN2OS/c1-5-9-20-14-8-6-7-13-15(14)18-16(12(3)17)19(13)11(2)10-21-4/h6-8,11-12H,5,9-10H2,1-4H3. The van der Waals surface area contributed by atoms with Crippen LogP contribution in [0, 0.1) is 0 Å². The number of alkyl halides is 1. The van der Waals surface area contributed by atoms with Gasteiger partial charge in [-0.15, -0.1) is 11.6 Å². The van der Waals surface area contributed by atoms with Crippen LogP contribution in [0.1, 0.15) is 44.4 Å². The third-order valence-corrected chi connectivity index (χ3v) is 4.39. The fraction of sp³-hybridized carbons (Fsp3) is 0.562. The van der Waals surface area contributed by atoms with Crippen LogP contribution in [0.4, 0.5) is 0 Å². The Balaban J connectivity index is 2.56. The summed E-state index contributed by atoms with van der Waals surface area (Å²) in [5.41, 5.74) is 2.02. The van der Waals surface area contributed by atoms with Gasteiger partial charge in [-0.2, -0.15) is 11.8 Å². The molecule has 2 aromatic rings. The molecular weight excluding hydrogens is 304 g/mol. The average Bonchev–Trinajstić information content (AvgIpc) is 2.85. The van der Waals surface area contributed by atoms with Gasteiger partial charge in [-0.1, -0.05) is 13.0 Å². The Morgan fingerprint density at radius 1 is 1.38 bits per heavy atom. The summed E-state index contributed by atoms with van der Waals surface area (Å²) in [5.74, 6) is 2.80. The van der Waals surface area contributed by atoms with E-state index < -0.39 is 0 Å². The van der Waals surface area contributed by atoms with Crippen LogP contribution in [0.5, 0.6) is 5.75 Å². The molecule has 21 heavy (non-hydrogen) atoms. The molecule has 116 valence electrons. The second kappa shape index (κ2) is 7.41. The zero-order valence-corrected chi connectivity index (χ0v) is 14.7. The van der Waals surface area contributed by atoms with Crippen molar-refractivity contribution in [2.45, 2.75) is 38.6 Å². The Bertz CT molecular complexity index is 597. The first-order valence-corrected chi connectivity index (χ1v) is 9.19. The van der Waals surface area contributed by atoms with Gasteiger partial charge >= 0.3 is 0 Å². The lowest BCUT2D eigenvalue weighted by molar-refractivity contribution is 0.320. The second-order valence-corrected chi connectivity index (χ2v) is 6.80. The second-order valence-electron chi connectivity index (χ2n) is 5.23. The predicted molar refractivity (Wildman–Crippen MR) is 92.9 cm³/mol. The molecular formula is C16H23ClN2OS. The number of hydrogen-bond acceptors (Lipinski definition) is 3. The summed E-state index contributed by atoms with van der Waals surface area (Å²) in [5, 5.41) is -0.124. The fourth-order valence-electron chi connectivity index (χ4n) is 2.50. The molecule has 0 aliphatic rings. The number of imidazole rings is 1. The molecule has 0 N–H and O–H groups in total. The zero-order valence-electron chi connectivity index (χ0n) is 13.1. The van der Waals surface area contributed by atoms with E-state index in [0.717, 1.165) is 34.8 Å². The smallest absolute Gasteiger partial charge is 0.147 e. The molecule has 0 bridgehead atoms. The average molecular weight is 327 g/mol. The summed E-state index contributed by atoms with van der Waals surface area (Å²) in [4.78, 5) is 4.77. The van der Waals surface area contributed by atoms with E-state index in [1.54, 1.807) is 0 Å². The van der Waals surface area contributed by atoms with Crippen molar-refractivity contribution >= 4 is 34.4 Å². The lowest BCUT2D eigenvalue weighted by Gasteiger charge is -2.17. The van der Waals surface area contributed by atoms with Crippen LogP contribution < -0.4 is 4.74 Å². The molecule has 0 amide bonds. The number of nitrogens with zero attached hydrogens (tertiary/aromatic N) is 2. The minimum atomic E-state index is -0.124. The van der Waals surface area contributed by atoms with Gasteiger partial charge < -0.3 is 9.30 Å². The van der Waals surface area contributed by atoms with E-state index in [1.807, 2.05) is 30.8 Å². The Kier molecular flexibility index (Phi) is 5.82. The van der Waals surface area contributed by atoms with Gasteiger partial charge in [0.15, 0.2) is 0 Å². The van der Waals surface area contributed by atoms with Crippen molar-refractivity contribution in [3.05, 3.63) is 24.0 Å². The van der Waals surface area contributed by atoms with Crippen molar-refractivity contribution in [2.75, 3.05) is 18.6 Å². The van der Waals surface area contributed by atoms with Gasteiger partial charge in [-0.3, -0.25) is 0 Å². The minimum Gasteiger partial charge on any atom is -0.491 e. The van der Waals surface area contributed by atoms with Crippen LogP contribution in [0.3, 0.4) is 0 Å². The maximum Gasteiger partial charge on any atom is 0.147 e. The molecule has 2 rings (SSSR count). The third-order valence-electron chi connectivity index (χ3n) is 3.38. The lowest BCUT2D eigenvalue weighted by Crippen LogP contribution is -2.11. The highest BCUT2D eigenvalue weighted by Gasteiger charge is 2.20. The molecule has 1 aromatic heterocycles. The summed E-state index contributed by atoms with van der Waals surface area (Å²) in [6.45, 7) is 6.99. The van der Waals surface area contributed by atoms with Crippen molar-refractivity contribution in [2.24, 2.45) is 0 Å². The Morgan fingerprint density at radius 3 is 2.76 bits per heavy atom. The Labute approximate surface area is 136 Å². The number of rotatable bonds is 7. The van der Waals surface area contributed by atoms with Crippen LogP contribution in [0.25, 0.3) is 11.0 Å². The summed E-state index contributed by atoms with van der Waals surface area (Å²) in [7, 11) is 0. The third kappa shape index (κ3) is 3.49. The molecule has 0 radical (unpaired) electrons. The normalized spacial score (nSPS) is 14.3. The zero-order chi connectivity index (χ0) is 15.4. The number of aromatic nitrogens is 2. The van der Waals surface area contributed by atoms with E-state index in [9.17, 15) is 0 Å². The number of para-hydroxylation sites is 1. The molecule has 5 heteroatoms. The summed E-state index contributed by atoms with van der Waals surface area (Å²) in [6.07, 6.45) is 3.11. The highest BCUT2D eigenvalue weighted by atomic mass is 35.5. The van der Waals surface area contributed by atoms with Crippen LogP contribution in [-0.4, -0.2) is 28.2 Å². The van der Waals surface area contributed by atoms with E-state index in [2.05, 4.69) is 30.7 Å². The van der Waals surface area contributed by atoms with E-state index in [4.69, 9.17) is 21.3 Å². The van der Waals surface area contributed by atoms with Crippen LogP contribution in [0.15, 0.2) is 18.2 Å². The molecule has 0 fully saturated rings. The number of fused-ring (bicyclic) bond motifs is 1. The lowest BCUT2D eigenvalue weighted by atomic mass is 10.2. The van der Waals surface area contributed by atoms with Gasteiger partial charge in [-0.25, -0.2) is 4.98 Å². The Morgan fingerprint density at radius 2 is 2.14 bits per heavy atom. The molecule has 1 heterocycles. The molecule has 0 spiro atoms. The number of ether oxygens (including phenoxy) is 1. The van der Waals surface area contributed by atoms with Gasteiger partial charge in [-0.05, 0) is 38.7 Å².